The Labute approximate surface area is 155 Å². The Morgan fingerprint density at radius 3 is 2.44 bits per heavy atom. The molecule has 1 amide bonds. The van der Waals surface area contributed by atoms with Crippen molar-refractivity contribution in [2.24, 2.45) is 0 Å². The molecule has 0 aliphatic heterocycles. The number of benzene rings is 1. The van der Waals surface area contributed by atoms with Crippen LogP contribution >= 0.6 is 11.6 Å². The molecule has 25 heavy (non-hydrogen) atoms. The zero-order chi connectivity index (χ0) is 18.1. The molecule has 0 saturated heterocycles. The first-order chi connectivity index (χ1) is 12.1. The van der Waals surface area contributed by atoms with Crippen LogP contribution in [0.1, 0.15) is 56.9 Å². The van der Waals surface area contributed by atoms with Crippen LogP contribution in [0.25, 0.3) is 0 Å². The minimum Gasteiger partial charge on any atom is -0.469 e. The molecule has 4 nitrogen and oxygen atoms in total. The second kappa shape index (κ2) is 10.4. The van der Waals surface area contributed by atoms with Crippen molar-refractivity contribution in [3.05, 3.63) is 34.9 Å². The highest BCUT2D eigenvalue weighted by atomic mass is 35.5. The standard InChI is InChI=1S/C20H28ClNO3/c1-25-20(24)14-15-22(18-7-3-2-4-8-18)19(23)9-5-6-16-10-12-17(21)13-11-16/h10-13,18H,2-9,14-15H2,1H3. The van der Waals surface area contributed by atoms with Gasteiger partial charge in [0.2, 0.25) is 5.91 Å². The number of carbonyl (C=O) groups excluding carboxylic acids is 2. The first-order valence-electron chi connectivity index (χ1n) is 9.21. The van der Waals surface area contributed by atoms with Crippen molar-refractivity contribution >= 4 is 23.5 Å². The van der Waals surface area contributed by atoms with Gasteiger partial charge in [0.25, 0.3) is 0 Å². The molecule has 0 spiro atoms. The molecule has 1 aliphatic rings. The summed E-state index contributed by atoms with van der Waals surface area (Å²) in [5.74, 6) is -0.0976. The van der Waals surface area contributed by atoms with Gasteiger partial charge < -0.3 is 9.64 Å². The SMILES string of the molecule is COC(=O)CCN(C(=O)CCCc1ccc(Cl)cc1)C1CCCCC1. The molecule has 0 atom stereocenters. The van der Waals surface area contributed by atoms with E-state index >= 15 is 0 Å². The van der Waals surface area contributed by atoms with Crippen LogP contribution in [-0.2, 0) is 20.7 Å². The smallest absolute Gasteiger partial charge is 0.307 e. The maximum atomic E-state index is 12.7. The Morgan fingerprint density at radius 2 is 1.80 bits per heavy atom. The first-order valence-corrected chi connectivity index (χ1v) is 9.58. The number of esters is 1. The van der Waals surface area contributed by atoms with Crippen molar-refractivity contribution in [3.63, 3.8) is 0 Å². The zero-order valence-corrected chi connectivity index (χ0v) is 15.8. The summed E-state index contributed by atoms with van der Waals surface area (Å²) < 4.78 is 4.73. The molecule has 0 radical (unpaired) electrons. The lowest BCUT2D eigenvalue weighted by molar-refractivity contribution is -0.142. The van der Waals surface area contributed by atoms with E-state index in [0.717, 1.165) is 43.5 Å². The highest BCUT2D eigenvalue weighted by molar-refractivity contribution is 6.30. The number of rotatable bonds is 8. The highest BCUT2D eigenvalue weighted by Crippen LogP contribution is 2.24. The van der Waals surface area contributed by atoms with Crippen LogP contribution in [-0.4, -0.2) is 36.5 Å². The number of nitrogens with zero attached hydrogens (tertiary/aromatic N) is 1. The minimum absolute atomic E-state index is 0.157. The Balaban J connectivity index is 1.86. The van der Waals surface area contributed by atoms with Crippen LogP contribution in [0.2, 0.25) is 5.02 Å². The van der Waals surface area contributed by atoms with E-state index in [1.165, 1.54) is 19.1 Å². The summed E-state index contributed by atoms with van der Waals surface area (Å²) in [5.41, 5.74) is 1.19. The van der Waals surface area contributed by atoms with Crippen molar-refractivity contribution < 1.29 is 14.3 Å². The van der Waals surface area contributed by atoms with Gasteiger partial charge in [-0.05, 0) is 43.4 Å². The third-order valence-corrected chi connectivity index (χ3v) is 5.14. The molecule has 0 bridgehead atoms. The average Bonchev–Trinajstić information content (AvgIpc) is 2.64. The topological polar surface area (TPSA) is 46.6 Å². The van der Waals surface area contributed by atoms with Crippen LogP contribution in [0.4, 0.5) is 0 Å². The van der Waals surface area contributed by atoms with E-state index in [4.69, 9.17) is 16.3 Å². The normalized spacial score (nSPS) is 15.0. The molecule has 1 aromatic rings. The van der Waals surface area contributed by atoms with Gasteiger partial charge in [-0.25, -0.2) is 0 Å². The summed E-state index contributed by atoms with van der Waals surface area (Å²) in [6.45, 7) is 0.469. The maximum absolute atomic E-state index is 12.7. The monoisotopic (exact) mass is 365 g/mol. The van der Waals surface area contributed by atoms with Gasteiger partial charge in [-0.1, -0.05) is 43.0 Å². The Hall–Kier alpha value is -1.55. The van der Waals surface area contributed by atoms with Crippen molar-refractivity contribution in [2.45, 2.75) is 63.8 Å². The number of methoxy groups -OCH3 is 1. The predicted octanol–water partition coefficient (Wildman–Crippen LogP) is 4.39. The number of ether oxygens (including phenoxy) is 1. The molecule has 2 rings (SSSR count). The molecule has 1 saturated carbocycles. The van der Waals surface area contributed by atoms with E-state index in [1.54, 1.807) is 0 Å². The van der Waals surface area contributed by atoms with Gasteiger partial charge in [0.15, 0.2) is 0 Å². The number of amides is 1. The number of aryl methyl sites for hydroxylation is 1. The molecular formula is C20H28ClNO3. The fourth-order valence-corrected chi connectivity index (χ4v) is 3.58. The number of hydrogen-bond donors (Lipinski definition) is 0. The van der Waals surface area contributed by atoms with E-state index in [1.807, 2.05) is 29.2 Å². The Kier molecular flexibility index (Phi) is 8.26. The molecule has 1 aromatic carbocycles. The number of hydrogen-bond acceptors (Lipinski definition) is 3. The fraction of sp³-hybridized carbons (Fsp3) is 0.600. The molecule has 138 valence electrons. The van der Waals surface area contributed by atoms with Crippen LogP contribution in [0.3, 0.4) is 0 Å². The maximum Gasteiger partial charge on any atom is 0.307 e. The van der Waals surface area contributed by atoms with Gasteiger partial charge in [-0.15, -0.1) is 0 Å². The summed E-state index contributed by atoms with van der Waals surface area (Å²) in [5, 5.41) is 0.728. The van der Waals surface area contributed by atoms with Crippen LogP contribution < -0.4 is 0 Å². The highest BCUT2D eigenvalue weighted by Gasteiger charge is 2.25. The van der Waals surface area contributed by atoms with Gasteiger partial charge in [-0.2, -0.15) is 0 Å². The largest absolute Gasteiger partial charge is 0.469 e. The third kappa shape index (κ3) is 6.69. The second-order valence-corrected chi connectivity index (χ2v) is 7.12. The summed E-state index contributed by atoms with van der Waals surface area (Å²) in [4.78, 5) is 26.1. The van der Waals surface area contributed by atoms with Crippen molar-refractivity contribution in [2.75, 3.05) is 13.7 Å². The lowest BCUT2D eigenvalue weighted by Gasteiger charge is -2.34. The molecule has 0 aromatic heterocycles. The van der Waals surface area contributed by atoms with Crippen LogP contribution in [0.5, 0.6) is 0 Å². The summed E-state index contributed by atoms with van der Waals surface area (Å²) in [7, 11) is 1.39. The second-order valence-electron chi connectivity index (χ2n) is 6.69. The fourth-order valence-electron chi connectivity index (χ4n) is 3.46. The molecular weight excluding hydrogens is 338 g/mol. The quantitative estimate of drug-likeness (QED) is 0.642. The zero-order valence-electron chi connectivity index (χ0n) is 15.0. The molecule has 1 fully saturated rings. The molecule has 0 heterocycles. The van der Waals surface area contributed by atoms with Gasteiger partial charge in [0.1, 0.15) is 0 Å². The first kappa shape index (κ1) is 19.8. The summed E-state index contributed by atoms with van der Waals surface area (Å²) >= 11 is 5.90. The van der Waals surface area contributed by atoms with E-state index in [2.05, 4.69) is 0 Å². The lowest BCUT2D eigenvalue weighted by atomic mass is 9.93. The minimum atomic E-state index is -0.255. The summed E-state index contributed by atoms with van der Waals surface area (Å²) in [6.07, 6.45) is 8.12. The van der Waals surface area contributed by atoms with Crippen molar-refractivity contribution in [1.29, 1.82) is 0 Å². The predicted molar refractivity (Wildman–Crippen MR) is 99.6 cm³/mol. The third-order valence-electron chi connectivity index (χ3n) is 4.89. The van der Waals surface area contributed by atoms with Gasteiger partial charge in [0, 0.05) is 24.0 Å². The van der Waals surface area contributed by atoms with E-state index in [0.29, 0.717) is 13.0 Å². The van der Waals surface area contributed by atoms with E-state index in [9.17, 15) is 9.59 Å². The van der Waals surface area contributed by atoms with Crippen molar-refractivity contribution in [1.82, 2.24) is 4.90 Å². The van der Waals surface area contributed by atoms with Gasteiger partial charge in [-0.3, -0.25) is 9.59 Å². The average molecular weight is 366 g/mol. The molecule has 0 unspecified atom stereocenters. The Bertz CT molecular complexity index is 553. The van der Waals surface area contributed by atoms with Crippen LogP contribution in [0.15, 0.2) is 24.3 Å². The molecule has 5 heteroatoms. The number of halogens is 1. The van der Waals surface area contributed by atoms with Crippen molar-refractivity contribution in [3.8, 4) is 0 Å². The Morgan fingerprint density at radius 1 is 1.12 bits per heavy atom. The summed E-state index contributed by atoms with van der Waals surface area (Å²) in [6, 6.07) is 8.04. The number of carbonyl (C=O) groups is 2. The van der Waals surface area contributed by atoms with E-state index < -0.39 is 0 Å². The van der Waals surface area contributed by atoms with E-state index in [-0.39, 0.29) is 24.3 Å². The van der Waals surface area contributed by atoms with Crippen LogP contribution in [0, 0.1) is 0 Å². The van der Waals surface area contributed by atoms with Gasteiger partial charge in [0.05, 0.1) is 13.5 Å². The van der Waals surface area contributed by atoms with Gasteiger partial charge >= 0.3 is 5.97 Å². The molecule has 0 N–H and O–H groups in total. The lowest BCUT2D eigenvalue weighted by Crippen LogP contribution is -2.42. The molecule has 1 aliphatic carbocycles.